The average molecular weight is 787 g/mol. The molecule has 0 fully saturated rings. The summed E-state index contributed by atoms with van der Waals surface area (Å²) in [5, 5.41) is 13.6. The Morgan fingerprint density at radius 3 is 0.948 bits per heavy atom. The maximum Gasteiger partial charge on any atom is 0.252 e. The number of amides is 2. The molecule has 8 aromatic carbocycles. The molecule has 6 heteroatoms. The fourth-order valence-corrected chi connectivity index (χ4v) is 12.9. The highest BCUT2D eigenvalue weighted by molar-refractivity contribution is 7.80. The van der Waals surface area contributed by atoms with E-state index in [-0.39, 0.29) is 11.8 Å². The molecule has 0 radical (unpaired) electrons. The minimum atomic E-state index is -1.05. The van der Waals surface area contributed by atoms with E-state index in [1.165, 1.54) is 0 Å². The highest BCUT2D eigenvalue weighted by Gasteiger charge is 2.37. The first kappa shape index (κ1) is 37.2. The Kier molecular flexibility index (Phi) is 10.9. The van der Waals surface area contributed by atoms with Gasteiger partial charge in [-0.3, -0.25) is 9.59 Å². The molecular weight excluding hydrogens is 747 g/mol. The summed E-state index contributed by atoms with van der Waals surface area (Å²) in [5.41, 5.74) is 5.21. The van der Waals surface area contributed by atoms with Crippen LogP contribution in [0.2, 0.25) is 0 Å². The maximum atomic E-state index is 15.0. The van der Waals surface area contributed by atoms with Crippen LogP contribution in [0.25, 0.3) is 11.1 Å². The van der Waals surface area contributed by atoms with E-state index in [9.17, 15) is 9.59 Å². The van der Waals surface area contributed by atoms with Crippen LogP contribution >= 0.6 is 15.8 Å². The van der Waals surface area contributed by atoms with Crippen molar-refractivity contribution in [3.05, 3.63) is 241 Å². The minimum Gasteiger partial charge on any atom is -0.343 e. The highest BCUT2D eigenvalue weighted by Crippen LogP contribution is 2.45. The first-order valence-electron chi connectivity index (χ1n) is 19.4. The molecule has 8 aromatic rings. The number of fused-ring (bicyclic) bond motifs is 3. The summed E-state index contributed by atoms with van der Waals surface area (Å²) in [4.78, 5) is 29.9. The van der Waals surface area contributed by atoms with Crippen LogP contribution < -0.4 is 42.5 Å². The summed E-state index contributed by atoms with van der Waals surface area (Å²) in [5.74, 6) is -0.379. The number of hydrogen-bond acceptors (Lipinski definition) is 2. The minimum absolute atomic E-state index is 0.189. The predicted octanol–water partition coefficient (Wildman–Crippen LogP) is 8.83. The molecule has 0 aliphatic heterocycles. The van der Waals surface area contributed by atoms with Gasteiger partial charge in [0.05, 0.1) is 12.1 Å². The van der Waals surface area contributed by atoms with Crippen molar-refractivity contribution < 1.29 is 9.59 Å². The van der Waals surface area contributed by atoms with Crippen LogP contribution in [0.4, 0.5) is 0 Å². The van der Waals surface area contributed by atoms with E-state index < -0.39 is 27.9 Å². The van der Waals surface area contributed by atoms with Crippen LogP contribution in [0, 0.1) is 0 Å². The van der Waals surface area contributed by atoms with Gasteiger partial charge in [-0.15, -0.1) is 0 Å². The molecule has 2 atom stereocenters. The molecule has 0 aromatic heterocycles. The van der Waals surface area contributed by atoms with E-state index in [1.54, 1.807) is 0 Å². The Hall–Kier alpha value is -6.44. The first-order chi connectivity index (χ1) is 28.7. The molecule has 0 spiro atoms. The molecule has 0 bridgehead atoms. The van der Waals surface area contributed by atoms with Gasteiger partial charge in [0.15, 0.2) is 0 Å². The molecule has 4 nitrogen and oxygen atoms in total. The van der Waals surface area contributed by atoms with Crippen LogP contribution in [0.5, 0.6) is 0 Å². The summed E-state index contributed by atoms with van der Waals surface area (Å²) in [6.45, 7) is 0. The second-order valence-electron chi connectivity index (χ2n) is 14.1. The van der Waals surface area contributed by atoms with Crippen molar-refractivity contribution >= 4 is 59.5 Å². The van der Waals surface area contributed by atoms with Crippen molar-refractivity contribution in [1.82, 2.24) is 10.6 Å². The zero-order valence-corrected chi connectivity index (χ0v) is 33.4. The van der Waals surface area contributed by atoms with Gasteiger partial charge in [0.1, 0.15) is 0 Å². The largest absolute Gasteiger partial charge is 0.343 e. The molecule has 0 heterocycles. The van der Waals surface area contributed by atoms with Crippen molar-refractivity contribution in [2.45, 2.75) is 12.1 Å². The monoisotopic (exact) mass is 786 g/mol. The molecule has 1 aliphatic carbocycles. The maximum absolute atomic E-state index is 15.0. The SMILES string of the molecule is O=C(N[C@@H]1c2ccccc2-c2ccccc2[C@H]1NC(=O)c1ccccc1P(c1ccccc1)c1ccccc1)c1ccccc1P(c1ccccc1)c1ccccc1. The lowest BCUT2D eigenvalue weighted by molar-refractivity contribution is 0.0882. The lowest BCUT2D eigenvalue weighted by atomic mass is 9.79. The molecule has 2 N–H and O–H groups in total. The summed E-state index contributed by atoms with van der Waals surface area (Å²) in [6.07, 6.45) is 0. The van der Waals surface area contributed by atoms with Crippen LogP contribution in [-0.4, -0.2) is 11.8 Å². The third kappa shape index (κ3) is 7.41. The van der Waals surface area contributed by atoms with Crippen LogP contribution in [0.1, 0.15) is 43.9 Å². The normalized spacial score (nSPS) is 14.3. The first-order valence-corrected chi connectivity index (χ1v) is 22.1. The number of hydrogen-bond donors (Lipinski definition) is 2. The van der Waals surface area contributed by atoms with Crippen LogP contribution in [0.3, 0.4) is 0 Å². The average Bonchev–Trinajstić information content (AvgIpc) is 3.29. The Morgan fingerprint density at radius 1 is 0.328 bits per heavy atom. The standard InChI is InChI=1S/C52H40N2O2P2/c55-51(45-33-17-19-35-47(45)57(37-21-5-1-6-22-37)38-23-7-2-8-24-38)53-49-43-31-15-13-29-41(43)42-30-14-16-32-44(42)50(49)54-52(56)46-34-18-20-36-48(46)58(39-25-9-3-10-26-39)40-27-11-4-12-28-40/h1-36,49-50H,(H,53,55)(H,54,56)/t49-,50-/m1/s1. The predicted molar refractivity (Wildman–Crippen MR) is 243 cm³/mol. The highest BCUT2D eigenvalue weighted by atomic mass is 31.1. The number of nitrogens with one attached hydrogen (secondary N) is 2. The molecule has 9 rings (SSSR count). The second kappa shape index (κ2) is 17.0. The molecule has 0 saturated heterocycles. The van der Waals surface area contributed by atoms with Crippen molar-refractivity contribution in [3.63, 3.8) is 0 Å². The van der Waals surface area contributed by atoms with Gasteiger partial charge >= 0.3 is 0 Å². The van der Waals surface area contributed by atoms with E-state index >= 15 is 0 Å². The van der Waals surface area contributed by atoms with Gasteiger partial charge < -0.3 is 10.6 Å². The Balaban J connectivity index is 1.12. The summed E-state index contributed by atoms with van der Waals surface area (Å²) in [7, 11) is -2.10. The summed E-state index contributed by atoms with van der Waals surface area (Å²) < 4.78 is 0. The van der Waals surface area contributed by atoms with Crippen molar-refractivity contribution in [1.29, 1.82) is 0 Å². The van der Waals surface area contributed by atoms with Gasteiger partial charge in [-0.25, -0.2) is 0 Å². The molecule has 0 unspecified atom stereocenters. The second-order valence-corrected chi connectivity index (χ2v) is 18.5. The number of benzene rings is 8. The molecule has 0 saturated carbocycles. The van der Waals surface area contributed by atoms with Gasteiger partial charge in [-0.1, -0.05) is 206 Å². The van der Waals surface area contributed by atoms with Crippen LogP contribution in [-0.2, 0) is 0 Å². The molecule has 280 valence electrons. The van der Waals surface area contributed by atoms with E-state index in [2.05, 4.69) is 144 Å². The number of carbonyl (C=O) groups excluding carboxylic acids is 2. The molecular formula is C52H40N2O2P2. The third-order valence-electron chi connectivity index (χ3n) is 10.6. The van der Waals surface area contributed by atoms with E-state index in [0.717, 1.165) is 54.1 Å². The van der Waals surface area contributed by atoms with Gasteiger partial charge in [0, 0.05) is 11.1 Å². The van der Waals surface area contributed by atoms with E-state index in [4.69, 9.17) is 0 Å². The van der Waals surface area contributed by atoms with Crippen molar-refractivity contribution in [2.75, 3.05) is 0 Å². The van der Waals surface area contributed by atoms with Gasteiger partial charge in [-0.2, -0.15) is 0 Å². The van der Waals surface area contributed by atoms with Gasteiger partial charge in [0.25, 0.3) is 11.8 Å². The van der Waals surface area contributed by atoms with Crippen molar-refractivity contribution in [3.8, 4) is 11.1 Å². The zero-order chi connectivity index (χ0) is 39.3. The van der Waals surface area contributed by atoms with Crippen molar-refractivity contribution in [2.24, 2.45) is 0 Å². The Labute approximate surface area is 342 Å². The summed E-state index contributed by atoms with van der Waals surface area (Å²) in [6, 6.07) is 72.9. The number of rotatable bonds is 10. The van der Waals surface area contributed by atoms with Crippen LogP contribution in [0.15, 0.2) is 218 Å². The molecule has 58 heavy (non-hydrogen) atoms. The molecule has 2 amide bonds. The Morgan fingerprint density at radius 2 is 0.603 bits per heavy atom. The lowest BCUT2D eigenvalue weighted by Gasteiger charge is -2.37. The van der Waals surface area contributed by atoms with Gasteiger partial charge in [0.2, 0.25) is 0 Å². The fraction of sp³-hybridized carbons (Fsp3) is 0.0385. The topological polar surface area (TPSA) is 58.2 Å². The molecule has 1 aliphatic rings. The smallest absolute Gasteiger partial charge is 0.252 e. The number of carbonyl (C=O) groups is 2. The lowest BCUT2D eigenvalue weighted by Crippen LogP contribution is -2.44. The zero-order valence-electron chi connectivity index (χ0n) is 31.7. The quantitative estimate of drug-likeness (QED) is 0.136. The van der Waals surface area contributed by atoms with Gasteiger partial charge in [-0.05, 0) is 82.1 Å². The third-order valence-corrected chi connectivity index (χ3v) is 15.6. The summed E-state index contributed by atoms with van der Waals surface area (Å²) >= 11 is 0. The van der Waals surface area contributed by atoms with E-state index in [1.807, 2.05) is 84.9 Å². The van der Waals surface area contributed by atoms with E-state index in [0.29, 0.717) is 11.1 Å². The fourth-order valence-electron chi connectivity index (χ4n) is 8.03. The Bertz CT molecular complexity index is 2420.